The van der Waals surface area contributed by atoms with E-state index in [1.807, 2.05) is 6.07 Å². The number of rotatable bonds is 1. The summed E-state index contributed by atoms with van der Waals surface area (Å²) in [5.41, 5.74) is 0.962. The molecule has 0 bridgehead atoms. The van der Waals surface area contributed by atoms with E-state index in [-0.39, 0.29) is 11.9 Å². The number of aliphatic hydroxyl groups is 1. The molecule has 4 nitrogen and oxygen atoms in total. The predicted octanol–water partition coefficient (Wildman–Crippen LogP) is 1.48. The predicted molar refractivity (Wildman–Crippen MR) is 65.8 cm³/mol. The molecular formula is C14H18O4. The van der Waals surface area contributed by atoms with Crippen molar-refractivity contribution in [2.24, 2.45) is 5.92 Å². The maximum Gasteiger partial charge on any atom is 0.128 e. The van der Waals surface area contributed by atoms with Crippen molar-refractivity contribution >= 4 is 0 Å². The Labute approximate surface area is 106 Å². The van der Waals surface area contributed by atoms with Gasteiger partial charge in [-0.05, 0) is 24.5 Å². The topological polar surface area (TPSA) is 58.9 Å². The lowest BCUT2D eigenvalue weighted by Gasteiger charge is -2.37. The quantitative estimate of drug-likeness (QED) is 0.792. The first-order chi connectivity index (χ1) is 8.74. The van der Waals surface area contributed by atoms with E-state index in [0.717, 1.165) is 31.6 Å². The number of aromatic hydroxyl groups is 1. The minimum Gasteiger partial charge on any atom is -0.508 e. The SMILES string of the molecule is Oc1ccc2c(c1)OC(C1CCOCC1)C(O)C2. The molecule has 2 aliphatic rings. The summed E-state index contributed by atoms with van der Waals surface area (Å²) in [6.45, 7) is 1.48. The molecule has 0 aliphatic carbocycles. The molecule has 2 atom stereocenters. The fourth-order valence-electron chi connectivity index (χ4n) is 2.84. The highest BCUT2D eigenvalue weighted by molar-refractivity contribution is 5.42. The van der Waals surface area contributed by atoms with E-state index in [2.05, 4.69) is 0 Å². The van der Waals surface area contributed by atoms with Crippen molar-refractivity contribution < 1.29 is 19.7 Å². The van der Waals surface area contributed by atoms with Crippen LogP contribution >= 0.6 is 0 Å². The molecule has 4 heteroatoms. The number of phenols is 1. The van der Waals surface area contributed by atoms with Gasteiger partial charge in [0.05, 0.1) is 6.10 Å². The van der Waals surface area contributed by atoms with E-state index in [0.29, 0.717) is 18.1 Å². The average Bonchev–Trinajstić information content (AvgIpc) is 2.39. The zero-order valence-corrected chi connectivity index (χ0v) is 10.2. The summed E-state index contributed by atoms with van der Waals surface area (Å²) in [4.78, 5) is 0. The Hall–Kier alpha value is -1.26. The second-order valence-corrected chi connectivity index (χ2v) is 5.10. The smallest absolute Gasteiger partial charge is 0.128 e. The summed E-state index contributed by atoms with van der Waals surface area (Å²) in [5, 5.41) is 19.7. The molecule has 1 aromatic rings. The lowest BCUT2D eigenvalue weighted by molar-refractivity contribution is -0.0482. The first kappa shape index (κ1) is 11.8. The van der Waals surface area contributed by atoms with E-state index < -0.39 is 6.10 Å². The Morgan fingerprint density at radius 2 is 1.94 bits per heavy atom. The summed E-state index contributed by atoms with van der Waals surface area (Å²) < 4.78 is 11.2. The molecule has 0 spiro atoms. The summed E-state index contributed by atoms with van der Waals surface area (Å²) in [6, 6.07) is 5.07. The molecule has 18 heavy (non-hydrogen) atoms. The van der Waals surface area contributed by atoms with E-state index >= 15 is 0 Å². The van der Waals surface area contributed by atoms with Gasteiger partial charge in [0.15, 0.2) is 0 Å². The van der Waals surface area contributed by atoms with Gasteiger partial charge in [-0.3, -0.25) is 0 Å². The van der Waals surface area contributed by atoms with Gasteiger partial charge in [0.2, 0.25) is 0 Å². The van der Waals surface area contributed by atoms with Crippen LogP contribution in [0.1, 0.15) is 18.4 Å². The van der Waals surface area contributed by atoms with Crippen molar-refractivity contribution in [2.45, 2.75) is 31.5 Å². The molecule has 0 saturated carbocycles. The van der Waals surface area contributed by atoms with Crippen LogP contribution in [0, 0.1) is 5.92 Å². The van der Waals surface area contributed by atoms with Gasteiger partial charge in [0, 0.05) is 31.6 Å². The highest BCUT2D eigenvalue weighted by Gasteiger charge is 2.35. The number of fused-ring (bicyclic) bond motifs is 1. The average molecular weight is 250 g/mol. The molecule has 98 valence electrons. The van der Waals surface area contributed by atoms with Gasteiger partial charge < -0.3 is 19.7 Å². The van der Waals surface area contributed by atoms with Crippen LogP contribution in [0.25, 0.3) is 0 Å². The van der Waals surface area contributed by atoms with Gasteiger partial charge in [-0.25, -0.2) is 0 Å². The number of hydrogen-bond acceptors (Lipinski definition) is 4. The lowest BCUT2D eigenvalue weighted by Crippen LogP contribution is -2.44. The van der Waals surface area contributed by atoms with Gasteiger partial charge >= 0.3 is 0 Å². The summed E-state index contributed by atoms with van der Waals surface area (Å²) >= 11 is 0. The van der Waals surface area contributed by atoms with Crippen LogP contribution in [0.5, 0.6) is 11.5 Å². The standard InChI is InChI=1S/C14H18O4/c15-11-2-1-10-7-12(16)14(18-13(10)8-11)9-3-5-17-6-4-9/h1-2,8-9,12,14-16H,3-7H2. The van der Waals surface area contributed by atoms with Crippen LogP contribution in [-0.4, -0.2) is 35.6 Å². The van der Waals surface area contributed by atoms with Crippen molar-refractivity contribution in [1.82, 2.24) is 0 Å². The second kappa shape index (κ2) is 4.78. The van der Waals surface area contributed by atoms with Crippen molar-refractivity contribution in [3.8, 4) is 11.5 Å². The van der Waals surface area contributed by atoms with E-state index in [9.17, 15) is 10.2 Å². The lowest BCUT2D eigenvalue weighted by atomic mass is 9.86. The Morgan fingerprint density at radius 1 is 1.17 bits per heavy atom. The molecule has 1 fully saturated rings. The molecule has 0 radical (unpaired) electrons. The molecule has 0 amide bonds. The maximum absolute atomic E-state index is 10.2. The van der Waals surface area contributed by atoms with Gasteiger partial charge in [-0.1, -0.05) is 6.07 Å². The molecule has 0 aromatic heterocycles. The van der Waals surface area contributed by atoms with Crippen molar-refractivity contribution in [3.05, 3.63) is 23.8 Å². The molecule has 2 unspecified atom stereocenters. The van der Waals surface area contributed by atoms with Gasteiger partial charge in [0.1, 0.15) is 17.6 Å². The van der Waals surface area contributed by atoms with Gasteiger partial charge in [-0.15, -0.1) is 0 Å². The first-order valence-electron chi connectivity index (χ1n) is 6.48. The molecule has 3 rings (SSSR count). The maximum atomic E-state index is 10.2. The van der Waals surface area contributed by atoms with Gasteiger partial charge in [-0.2, -0.15) is 0 Å². The molecule has 1 aromatic carbocycles. The molecule has 2 aliphatic heterocycles. The van der Waals surface area contributed by atoms with Crippen LogP contribution in [0.3, 0.4) is 0 Å². The second-order valence-electron chi connectivity index (χ2n) is 5.10. The summed E-state index contributed by atoms with van der Waals surface area (Å²) in [6.07, 6.45) is 1.80. The van der Waals surface area contributed by atoms with Crippen LogP contribution in [0.4, 0.5) is 0 Å². The van der Waals surface area contributed by atoms with Crippen molar-refractivity contribution in [1.29, 1.82) is 0 Å². The number of ether oxygens (including phenoxy) is 2. The Bertz CT molecular complexity index is 426. The van der Waals surface area contributed by atoms with Crippen LogP contribution in [0.2, 0.25) is 0 Å². The normalized spacial score (nSPS) is 28.5. The largest absolute Gasteiger partial charge is 0.508 e. The number of aliphatic hydroxyl groups excluding tert-OH is 1. The highest BCUT2D eigenvalue weighted by Crippen LogP contribution is 2.35. The number of phenolic OH excluding ortho intramolecular Hbond substituents is 1. The van der Waals surface area contributed by atoms with Crippen LogP contribution < -0.4 is 4.74 Å². The van der Waals surface area contributed by atoms with E-state index in [1.165, 1.54) is 0 Å². The fraction of sp³-hybridized carbons (Fsp3) is 0.571. The van der Waals surface area contributed by atoms with E-state index in [1.54, 1.807) is 12.1 Å². The Morgan fingerprint density at radius 3 is 2.72 bits per heavy atom. The minimum absolute atomic E-state index is 0.178. The zero-order valence-electron chi connectivity index (χ0n) is 10.2. The molecule has 2 heterocycles. The third-order valence-electron chi connectivity index (χ3n) is 3.85. The number of benzene rings is 1. The van der Waals surface area contributed by atoms with E-state index in [4.69, 9.17) is 9.47 Å². The first-order valence-corrected chi connectivity index (χ1v) is 6.48. The molecule has 1 saturated heterocycles. The van der Waals surface area contributed by atoms with Crippen LogP contribution in [-0.2, 0) is 11.2 Å². The fourth-order valence-corrected chi connectivity index (χ4v) is 2.84. The Kier molecular flexibility index (Phi) is 3.14. The Balaban J connectivity index is 1.81. The zero-order chi connectivity index (χ0) is 12.5. The molecule has 2 N–H and O–H groups in total. The number of hydrogen-bond donors (Lipinski definition) is 2. The monoisotopic (exact) mass is 250 g/mol. The third-order valence-corrected chi connectivity index (χ3v) is 3.85. The molecular weight excluding hydrogens is 232 g/mol. The minimum atomic E-state index is -0.467. The van der Waals surface area contributed by atoms with Crippen molar-refractivity contribution in [2.75, 3.05) is 13.2 Å². The summed E-state index contributed by atoms with van der Waals surface area (Å²) in [7, 11) is 0. The van der Waals surface area contributed by atoms with Crippen molar-refractivity contribution in [3.63, 3.8) is 0 Å². The summed E-state index contributed by atoms with van der Waals surface area (Å²) in [5.74, 6) is 1.25. The highest BCUT2D eigenvalue weighted by atomic mass is 16.5. The third kappa shape index (κ3) is 2.18. The van der Waals surface area contributed by atoms with Gasteiger partial charge in [0.25, 0.3) is 0 Å². The van der Waals surface area contributed by atoms with Crippen LogP contribution in [0.15, 0.2) is 18.2 Å².